The van der Waals surface area contributed by atoms with E-state index in [0.29, 0.717) is 4.21 Å². The molecule has 7 heteroatoms. The van der Waals surface area contributed by atoms with Crippen molar-refractivity contribution in [3.05, 3.63) is 45.3 Å². The Balaban J connectivity index is 2.33. The van der Waals surface area contributed by atoms with Crippen LogP contribution < -0.4 is 0 Å². The molecule has 1 radical (unpaired) electrons. The van der Waals surface area contributed by atoms with Crippen LogP contribution in [0.1, 0.15) is 4.88 Å². The van der Waals surface area contributed by atoms with Crippen LogP contribution in [0, 0.1) is 10.1 Å². The number of hydrogen-bond acceptors (Lipinski definition) is 6. The van der Waals surface area contributed by atoms with Gasteiger partial charge in [0.2, 0.25) is 6.29 Å². The van der Waals surface area contributed by atoms with Gasteiger partial charge in [0.15, 0.2) is 0 Å². The second-order valence-corrected chi connectivity index (χ2v) is 5.63. The number of phenols is 1. The third kappa shape index (κ3) is 2.69. The fourth-order valence-corrected chi connectivity index (χ4v) is 3.34. The highest BCUT2D eigenvalue weighted by Gasteiger charge is 2.20. The molecule has 0 aliphatic heterocycles. The van der Waals surface area contributed by atoms with E-state index < -0.39 is 4.92 Å². The standard InChI is InChI=1S/C11H6NO4S2/c13-6-9-5-10(12(15)16)11(18-9)17-8-3-1-7(14)2-4-8/h1-5,14H. The van der Waals surface area contributed by atoms with Crippen LogP contribution in [0.3, 0.4) is 0 Å². The molecule has 0 bridgehead atoms. The van der Waals surface area contributed by atoms with Crippen molar-refractivity contribution in [3.8, 4) is 5.75 Å². The SMILES string of the molecule is O=[C]c1cc([N+](=O)[O-])c(Sc2ccc(O)cc2)s1. The van der Waals surface area contributed by atoms with E-state index in [-0.39, 0.29) is 16.3 Å². The molecule has 5 nitrogen and oxygen atoms in total. The molecule has 91 valence electrons. The number of hydrogen-bond donors (Lipinski definition) is 1. The van der Waals surface area contributed by atoms with Crippen LogP contribution in [0.5, 0.6) is 5.75 Å². The van der Waals surface area contributed by atoms with Crippen LogP contribution in [0.4, 0.5) is 5.69 Å². The number of thiophene rings is 1. The molecule has 2 aromatic rings. The molecule has 18 heavy (non-hydrogen) atoms. The average Bonchev–Trinajstić information content (AvgIpc) is 2.75. The van der Waals surface area contributed by atoms with Crippen molar-refractivity contribution < 1.29 is 14.8 Å². The van der Waals surface area contributed by atoms with E-state index >= 15 is 0 Å². The Morgan fingerprint density at radius 1 is 1.33 bits per heavy atom. The molecule has 0 saturated carbocycles. The molecule has 0 atom stereocenters. The third-order valence-electron chi connectivity index (χ3n) is 2.02. The van der Waals surface area contributed by atoms with E-state index in [0.717, 1.165) is 16.2 Å². The summed E-state index contributed by atoms with van der Waals surface area (Å²) in [5.74, 6) is 0.127. The predicted octanol–water partition coefficient (Wildman–Crippen LogP) is 2.97. The number of rotatable bonds is 4. The molecule has 1 N–H and O–H groups in total. The van der Waals surface area contributed by atoms with Crippen LogP contribution in [-0.4, -0.2) is 16.3 Å². The molecule has 0 spiro atoms. The lowest BCUT2D eigenvalue weighted by Gasteiger charge is -1.98. The summed E-state index contributed by atoms with van der Waals surface area (Å²) in [5.41, 5.74) is -0.101. The summed E-state index contributed by atoms with van der Waals surface area (Å²) in [6.07, 6.45) is 1.65. The van der Waals surface area contributed by atoms with Crippen molar-refractivity contribution in [2.24, 2.45) is 0 Å². The van der Waals surface area contributed by atoms with Crippen LogP contribution in [0.2, 0.25) is 0 Å². The number of nitrogens with zero attached hydrogens (tertiary/aromatic N) is 1. The second-order valence-electron chi connectivity index (χ2n) is 3.24. The van der Waals surface area contributed by atoms with Crippen LogP contribution in [0.15, 0.2) is 39.4 Å². The first-order chi connectivity index (χ1) is 8.60. The minimum atomic E-state index is -0.528. The number of benzene rings is 1. The monoisotopic (exact) mass is 280 g/mol. The first kappa shape index (κ1) is 12.6. The highest BCUT2D eigenvalue weighted by molar-refractivity contribution is 8.01. The molecule has 2 rings (SSSR count). The quantitative estimate of drug-likeness (QED) is 0.688. The van der Waals surface area contributed by atoms with E-state index in [1.807, 2.05) is 0 Å². The van der Waals surface area contributed by atoms with Gasteiger partial charge in [-0.3, -0.25) is 14.9 Å². The number of carbonyl (C=O) groups excluding carboxylic acids is 1. The Morgan fingerprint density at radius 2 is 2.00 bits per heavy atom. The summed E-state index contributed by atoms with van der Waals surface area (Å²) in [6.45, 7) is 0. The zero-order valence-corrected chi connectivity index (χ0v) is 10.5. The molecule has 0 saturated heterocycles. The van der Waals surface area contributed by atoms with Gasteiger partial charge in [0.05, 0.1) is 9.80 Å². The molecular formula is C11H6NO4S2. The summed E-state index contributed by atoms with van der Waals surface area (Å²) in [4.78, 5) is 21.8. The lowest BCUT2D eigenvalue weighted by molar-refractivity contribution is -0.387. The van der Waals surface area contributed by atoms with Gasteiger partial charge in [-0.05, 0) is 24.3 Å². The Labute approximate surface area is 110 Å². The molecule has 0 aliphatic rings. The summed E-state index contributed by atoms with van der Waals surface area (Å²) in [5, 5.41) is 20.0. The van der Waals surface area contributed by atoms with Crippen LogP contribution in [0.25, 0.3) is 0 Å². The van der Waals surface area contributed by atoms with Crippen molar-refractivity contribution in [1.29, 1.82) is 0 Å². The van der Waals surface area contributed by atoms with Crippen molar-refractivity contribution in [3.63, 3.8) is 0 Å². The van der Waals surface area contributed by atoms with E-state index in [1.165, 1.54) is 30.0 Å². The van der Waals surface area contributed by atoms with E-state index in [4.69, 9.17) is 5.11 Å². The maximum atomic E-state index is 10.8. The Morgan fingerprint density at radius 3 is 2.56 bits per heavy atom. The summed E-state index contributed by atoms with van der Waals surface area (Å²) < 4.78 is 0.420. The minimum absolute atomic E-state index is 0.101. The lowest BCUT2D eigenvalue weighted by atomic mass is 10.3. The Hall–Kier alpha value is -1.86. The average molecular weight is 280 g/mol. The van der Waals surface area contributed by atoms with Gasteiger partial charge < -0.3 is 5.11 Å². The largest absolute Gasteiger partial charge is 0.508 e. The summed E-state index contributed by atoms with van der Waals surface area (Å²) in [6, 6.07) is 7.49. The van der Waals surface area contributed by atoms with E-state index in [9.17, 15) is 14.9 Å². The molecule has 0 aliphatic carbocycles. The molecule has 0 unspecified atom stereocenters. The van der Waals surface area contributed by atoms with Gasteiger partial charge in [-0.2, -0.15) is 0 Å². The van der Waals surface area contributed by atoms with Crippen molar-refractivity contribution >= 4 is 35.1 Å². The predicted molar refractivity (Wildman–Crippen MR) is 68.0 cm³/mol. The molecular weight excluding hydrogens is 274 g/mol. The fraction of sp³-hybridized carbons (Fsp3) is 0. The smallest absolute Gasteiger partial charge is 0.294 e. The molecule has 0 fully saturated rings. The third-order valence-corrected chi connectivity index (χ3v) is 4.24. The first-order valence-corrected chi connectivity index (χ1v) is 6.36. The van der Waals surface area contributed by atoms with Crippen molar-refractivity contribution in [1.82, 2.24) is 0 Å². The molecule has 1 aromatic heterocycles. The van der Waals surface area contributed by atoms with Gasteiger partial charge in [0, 0.05) is 11.0 Å². The van der Waals surface area contributed by atoms with Crippen molar-refractivity contribution in [2.75, 3.05) is 0 Å². The number of phenolic OH excluding ortho intramolecular Hbond substituents is 1. The highest BCUT2D eigenvalue weighted by Crippen LogP contribution is 2.41. The van der Waals surface area contributed by atoms with Crippen LogP contribution >= 0.6 is 23.1 Å². The number of aromatic hydroxyl groups is 1. The Kier molecular flexibility index (Phi) is 3.63. The van der Waals surface area contributed by atoms with Gasteiger partial charge in [-0.15, -0.1) is 11.3 Å². The van der Waals surface area contributed by atoms with E-state index in [2.05, 4.69) is 0 Å². The highest BCUT2D eigenvalue weighted by atomic mass is 32.2. The van der Waals surface area contributed by atoms with Crippen molar-refractivity contribution in [2.45, 2.75) is 9.10 Å². The maximum Gasteiger partial charge on any atom is 0.294 e. The topological polar surface area (TPSA) is 80.4 Å². The van der Waals surface area contributed by atoms with Gasteiger partial charge in [0.1, 0.15) is 9.96 Å². The van der Waals surface area contributed by atoms with Gasteiger partial charge in [-0.1, -0.05) is 11.8 Å². The first-order valence-electron chi connectivity index (χ1n) is 4.73. The zero-order chi connectivity index (χ0) is 13.1. The fourth-order valence-electron chi connectivity index (χ4n) is 1.24. The van der Waals surface area contributed by atoms with Gasteiger partial charge >= 0.3 is 0 Å². The lowest BCUT2D eigenvalue weighted by Crippen LogP contribution is -1.86. The number of nitro groups is 1. The van der Waals surface area contributed by atoms with E-state index in [1.54, 1.807) is 18.4 Å². The maximum absolute atomic E-state index is 10.8. The molecule has 0 amide bonds. The Bertz CT molecular complexity index is 592. The normalized spacial score (nSPS) is 10.2. The second kappa shape index (κ2) is 5.19. The summed E-state index contributed by atoms with van der Waals surface area (Å²) in [7, 11) is 0. The molecule has 1 heterocycles. The van der Waals surface area contributed by atoms with Gasteiger partial charge in [0.25, 0.3) is 5.69 Å². The van der Waals surface area contributed by atoms with Gasteiger partial charge in [-0.25, -0.2) is 0 Å². The minimum Gasteiger partial charge on any atom is -0.508 e. The van der Waals surface area contributed by atoms with Crippen LogP contribution in [-0.2, 0) is 4.79 Å². The molecule has 1 aromatic carbocycles. The summed E-state index contributed by atoms with van der Waals surface area (Å²) >= 11 is 2.20. The zero-order valence-electron chi connectivity index (χ0n) is 8.82.